The maximum absolute atomic E-state index is 12.4. The first-order chi connectivity index (χ1) is 10.9. The maximum atomic E-state index is 12.4. The molecule has 0 radical (unpaired) electrons. The minimum absolute atomic E-state index is 0.0299. The van der Waals surface area contributed by atoms with Crippen LogP contribution in [0.3, 0.4) is 0 Å². The lowest BCUT2D eigenvalue weighted by Gasteiger charge is -2.42. The van der Waals surface area contributed by atoms with Crippen LogP contribution in [0.4, 0.5) is 5.69 Å². The van der Waals surface area contributed by atoms with Gasteiger partial charge in [0.2, 0.25) is 5.91 Å². The molecule has 1 aromatic rings. The predicted molar refractivity (Wildman–Crippen MR) is 85.3 cm³/mol. The first-order valence-electron chi connectivity index (χ1n) is 6.75. The van der Waals surface area contributed by atoms with Crippen molar-refractivity contribution in [2.45, 2.75) is 0 Å². The van der Waals surface area contributed by atoms with Crippen LogP contribution in [0.2, 0.25) is 0 Å². The Labute approximate surface area is 138 Å². The predicted octanol–water partition coefficient (Wildman–Crippen LogP) is 1.68. The van der Waals surface area contributed by atoms with Gasteiger partial charge in [0.15, 0.2) is 5.11 Å². The molecule has 0 atom stereocenters. The number of benzene rings is 1. The van der Waals surface area contributed by atoms with Crippen molar-refractivity contribution in [3.63, 3.8) is 0 Å². The van der Waals surface area contributed by atoms with Crippen LogP contribution in [0, 0.1) is 5.41 Å². The smallest absolute Gasteiger partial charge is 0.474 e. The van der Waals surface area contributed by atoms with E-state index >= 15 is 0 Å². The number of carbonyl (C=O) groups excluding carboxylic acids is 1. The molecule has 4 rings (SSSR count). The summed E-state index contributed by atoms with van der Waals surface area (Å²) >= 11 is 5.13. The Hall–Kier alpha value is -1.51. The van der Waals surface area contributed by atoms with E-state index in [2.05, 4.69) is 10.6 Å². The molecule has 2 bridgehead atoms. The zero-order valence-electron chi connectivity index (χ0n) is 12.2. The SMILES string of the molecule is COc1cccc(NC(=S)NC(=O)C23COP(=O)(OC2)OC3)c1. The first-order valence-corrected chi connectivity index (χ1v) is 8.62. The molecule has 23 heavy (non-hydrogen) atoms. The number of phosphoric ester groups is 1. The molecular weight excluding hydrogens is 343 g/mol. The number of amides is 1. The third-order valence-electron chi connectivity index (χ3n) is 3.53. The van der Waals surface area contributed by atoms with Gasteiger partial charge in [-0.25, -0.2) is 4.57 Å². The number of thiocarbonyl (C=S) groups is 1. The molecule has 3 heterocycles. The van der Waals surface area contributed by atoms with E-state index in [1.165, 1.54) is 0 Å². The monoisotopic (exact) mass is 358 g/mol. The molecule has 2 N–H and O–H groups in total. The van der Waals surface area contributed by atoms with E-state index in [1.807, 2.05) is 0 Å². The molecule has 3 saturated heterocycles. The lowest BCUT2D eigenvalue weighted by molar-refractivity contribution is -0.150. The van der Waals surface area contributed by atoms with Gasteiger partial charge in [0, 0.05) is 11.8 Å². The third-order valence-corrected chi connectivity index (χ3v) is 5.07. The number of hydrogen-bond acceptors (Lipinski definition) is 7. The van der Waals surface area contributed by atoms with Crippen molar-refractivity contribution >= 4 is 36.7 Å². The average Bonchev–Trinajstić information content (AvgIpc) is 2.56. The number of fused-ring (bicyclic) bond motifs is 3. The van der Waals surface area contributed by atoms with Crippen molar-refractivity contribution in [2.75, 3.05) is 32.2 Å². The molecule has 0 aromatic heterocycles. The number of nitrogens with one attached hydrogen (secondary N) is 2. The minimum Gasteiger partial charge on any atom is -0.497 e. The summed E-state index contributed by atoms with van der Waals surface area (Å²) in [5, 5.41) is 5.59. The van der Waals surface area contributed by atoms with E-state index in [0.717, 1.165) is 0 Å². The number of rotatable bonds is 3. The van der Waals surface area contributed by atoms with E-state index in [0.29, 0.717) is 11.4 Å². The van der Waals surface area contributed by atoms with Crippen LogP contribution in [-0.2, 0) is 22.9 Å². The molecule has 124 valence electrons. The van der Waals surface area contributed by atoms with Crippen LogP contribution >= 0.6 is 20.0 Å². The Bertz CT molecular complexity index is 666. The van der Waals surface area contributed by atoms with Crippen LogP contribution in [-0.4, -0.2) is 38.0 Å². The molecule has 10 heteroatoms. The Balaban J connectivity index is 1.61. The molecule has 0 spiro atoms. The number of phosphoric acid groups is 1. The van der Waals surface area contributed by atoms with E-state index < -0.39 is 19.1 Å². The minimum atomic E-state index is -3.45. The number of anilines is 1. The standard InChI is InChI=1S/C13H15N2O6PS/c1-18-10-4-2-3-9(5-10)14-12(23)15-11(16)13-6-19-22(17,20-7-13)21-8-13/h2-5H,6-8H2,1H3,(H2,14,15,16,23). The Morgan fingerprint density at radius 2 is 1.96 bits per heavy atom. The molecule has 0 aliphatic carbocycles. The Kier molecular flexibility index (Phi) is 4.39. The highest BCUT2D eigenvalue weighted by Gasteiger charge is 2.55. The number of hydrogen-bond donors (Lipinski definition) is 2. The summed E-state index contributed by atoms with van der Waals surface area (Å²) in [5.41, 5.74) is -0.376. The van der Waals surface area contributed by atoms with Crippen molar-refractivity contribution in [3.8, 4) is 5.75 Å². The fourth-order valence-electron chi connectivity index (χ4n) is 2.14. The van der Waals surface area contributed by atoms with E-state index in [4.69, 9.17) is 30.5 Å². The van der Waals surface area contributed by atoms with Gasteiger partial charge in [-0.15, -0.1) is 0 Å². The second-order valence-corrected chi connectivity index (χ2v) is 7.27. The van der Waals surface area contributed by atoms with Gasteiger partial charge in [-0.3, -0.25) is 18.4 Å². The fraction of sp³-hybridized carbons (Fsp3) is 0.385. The lowest BCUT2D eigenvalue weighted by atomic mass is 9.90. The summed E-state index contributed by atoms with van der Waals surface area (Å²) in [6.07, 6.45) is 0. The van der Waals surface area contributed by atoms with Crippen molar-refractivity contribution in [2.24, 2.45) is 5.41 Å². The van der Waals surface area contributed by atoms with E-state index in [-0.39, 0.29) is 24.9 Å². The second kappa shape index (κ2) is 6.18. The van der Waals surface area contributed by atoms with Gasteiger partial charge in [-0.2, -0.15) is 0 Å². The van der Waals surface area contributed by atoms with E-state index in [1.54, 1.807) is 31.4 Å². The molecule has 0 saturated carbocycles. The molecule has 3 fully saturated rings. The largest absolute Gasteiger partial charge is 0.497 e. The zero-order valence-corrected chi connectivity index (χ0v) is 13.9. The third kappa shape index (κ3) is 3.39. The first kappa shape index (κ1) is 16.4. The summed E-state index contributed by atoms with van der Waals surface area (Å²) in [6.45, 7) is -0.0896. The van der Waals surface area contributed by atoms with Gasteiger partial charge in [0.25, 0.3) is 0 Å². The van der Waals surface area contributed by atoms with Crippen LogP contribution < -0.4 is 15.4 Å². The van der Waals surface area contributed by atoms with Gasteiger partial charge in [0.05, 0.1) is 26.9 Å². The quantitative estimate of drug-likeness (QED) is 0.623. The van der Waals surface area contributed by atoms with Crippen LogP contribution in [0.5, 0.6) is 5.75 Å². The zero-order chi connectivity index (χ0) is 16.5. The van der Waals surface area contributed by atoms with Gasteiger partial charge in [-0.1, -0.05) is 6.07 Å². The number of carbonyl (C=O) groups is 1. The summed E-state index contributed by atoms with van der Waals surface area (Å²) in [5.74, 6) is 0.247. The highest BCUT2D eigenvalue weighted by molar-refractivity contribution is 7.80. The van der Waals surface area contributed by atoms with Gasteiger partial charge < -0.3 is 15.4 Å². The average molecular weight is 358 g/mol. The molecule has 1 amide bonds. The summed E-state index contributed by atoms with van der Waals surface area (Å²) in [7, 11) is -1.89. The van der Waals surface area contributed by atoms with Gasteiger partial charge in [0.1, 0.15) is 11.2 Å². The Morgan fingerprint density at radius 1 is 1.30 bits per heavy atom. The molecular formula is C13H15N2O6PS. The van der Waals surface area contributed by atoms with Crippen LogP contribution in [0.15, 0.2) is 24.3 Å². The lowest BCUT2D eigenvalue weighted by Crippen LogP contribution is -2.56. The van der Waals surface area contributed by atoms with Crippen molar-refractivity contribution in [3.05, 3.63) is 24.3 Å². The summed E-state index contributed by atoms with van der Waals surface area (Å²) in [6, 6.07) is 7.11. The topological polar surface area (TPSA) is 95.1 Å². The number of methoxy groups -OCH3 is 1. The molecule has 3 aliphatic rings. The van der Waals surface area contributed by atoms with Crippen molar-refractivity contribution in [1.29, 1.82) is 0 Å². The highest BCUT2D eigenvalue weighted by Crippen LogP contribution is 2.59. The summed E-state index contributed by atoms with van der Waals surface area (Å²) < 4.78 is 31.8. The van der Waals surface area contributed by atoms with Crippen molar-refractivity contribution in [1.82, 2.24) is 5.32 Å². The maximum Gasteiger partial charge on any atom is 0.474 e. The van der Waals surface area contributed by atoms with Crippen molar-refractivity contribution < 1.29 is 27.7 Å². The molecule has 0 unspecified atom stereocenters. The molecule has 3 aliphatic heterocycles. The molecule has 8 nitrogen and oxygen atoms in total. The normalized spacial score (nSPS) is 28.9. The number of ether oxygens (including phenoxy) is 1. The fourth-order valence-corrected chi connectivity index (χ4v) is 3.79. The van der Waals surface area contributed by atoms with Gasteiger partial charge in [-0.05, 0) is 24.4 Å². The highest BCUT2D eigenvalue weighted by atomic mass is 32.1. The Morgan fingerprint density at radius 3 is 2.57 bits per heavy atom. The molecule has 1 aromatic carbocycles. The van der Waals surface area contributed by atoms with E-state index in [9.17, 15) is 9.36 Å². The van der Waals surface area contributed by atoms with Crippen LogP contribution in [0.25, 0.3) is 0 Å². The second-order valence-electron chi connectivity index (χ2n) is 5.19. The summed E-state index contributed by atoms with van der Waals surface area (Å²) in [4.78, 5) is 12.4. The van der Waals surface area contributed by atoms with Crippen LogP contribution in [0.1, 0.15) is 0 Å². The van der Waals surface area contributed by atoms with Gasteiger partial charge >= 0.3 is 7.82 Å².